The lowest BCUT2D eigenvalue weighted by atomic mass is 9.99. The molecule has 0 aromatic heterocycles. The number of anilines is 1. The Morgan fingerprint density at radius 2 is 2.00 bits per heavy atom. The Hall–Kier alpha value is -1.71. The van der Waals surface area contributed by atoms with E-state index in [4.69, 9.17) is 9.47 Å². The van der Waals surface area contributed by atoms with Gasteiger partial charge in [0.05, 0.1) is 19.4 Å². The summed E-state index contributed by atoms with van der Waals surface area (Å²) in [6.45, 7) is 6.29. The van der Waals surface area contributed by atoms with Crippen LogP contribution in [-0.4, -0.2) is 25.7 Å². The van der Waals surface area contributed by atoms with E-state index in [2.05, 4.69) is 12.2 Å². The number of ether oxygens (including phenoxy) is 2. The van der Waals surface area contributed by atoms with Crippen LogP contribution in [0, 0.1) is 5.92 Å². The number of esters is 1. The number of carbonyl (C=O) groups excluding carboxylic acids is 1. The Morgan fingerprint density at radius 1 is 1.32 bits per heavy atom. The molecule has 0 heterocycles. The van der Waals surface area contributed by atoms with Crippen molar-refractivity contribution >= 4 is 11.7 Å². The molecule has 4 nitrogen and oxygen atoms in total. The van der Waals surface area contributed by atoms with Gasteiger partial charge in [-0.25, -0.2) is 4.79 Å². The molecule has 4 heteroatoms. The molecule has 2 atom stereocenters. The van der Waals surface area contributed by atoms with Crippen LogP contribution in [0.5, 0.6) is 5.75 Å². The van der Waals surface area contributed by atoms with Gasteiger partial charge in [-0.05, 0) is 25.0 Å². The normalized spacial score (nSPS) is 13.5. The second-order valence-corrected chi connectivity index (χ2v) is 4.46. The Labute approximate surface area is 115 Å². The predicted molar refractivity (Wildman–Crippen MR) is 76.5 cm³/mol. The summed E-state index contributed by atoms with van der Waals surface area (Å²) >= 11 is 0. The second kappa shape index (κ2) is 7.67. The maximum absolute atomic E-state index is 12.0. The van der Waals surface area contributed by atoms with Crippen LogP contribution < -0.4 is 10.1 Å². The third kappa shape index (κ3) is 4.16. The molecule has 1 rings (SSSR count). The zero-order chi connectivity index (χ0) is 14.3. The molecule has 0 radical (unpaired) electrons. The zero-order valence-corrected chi connectivity index (χ0v) is 12.1. The van der Waals surface area contributed by atoms with Gasteiger partial charge in [-0.2, -0.15) is 0 Å². The van der Waals surface area contributed by atoms with Gasteiger partial charge in [0.1, 0.15) is 11.8 Å². The van der Waals surface area contributed by atoms with Crippen molar-refractivity contribution in [2.45, 2.75) is 33.2 Å². The molecule has 1 N–H and O–H groups in total. The van der Waals surface area contributed by atoms with Crippen molar-refractivity contribution in [3.63, 3.8) is 0 Å². The van der Waals surface area contributed by atoms with Gasteiger partial charge < -0.3 is 14.8 Å². The molecule has 1 aromatic rings. The van der Waals surface area contributed by atoms with Gasteiger partial charge in [0.2, 0.25) is 0 Å². The molecule has 0 aliphatic heterocycles. The maximum atomic E-state index is 12.0. The first-order valence-corrected chi connectivity index (χ1v) is 6.70. The molecule has 1 aromatic carbocycles. The van der Waals surface area contributed by atoms with Gasteiger partial charge in [-0.3, -0.25) is 0 Å². The van der Waals surface area contributed by atoms with Crippen LogP contribution in [0.15, 0.2) is 24.3 Å². The van der Waals surface area contributed by atoms with E-state index in [1.165, 1.54) is 0 Å². The number of rotatable bonds is 7. The summed E-state index contributed by atoms with van der Waals surface area (Å²) in [4.78, 5) is 12.0. The zero-order valence-electron chi connectivity index (χ0n) is 12.1. The molecule has 0 aliphatic rings. The van der Waals surface area contributed by atoms with E-state index in [0.717, 1.165) is 17.9 Å². The van der Waals surface area contributed by atoms with E-state index in [9.17, 15) is 4.79 Å². The van der Waals surface area contributed by atoms with Crippen LogP contribution in [0.4, 0.5) is 5.69 Å². The second-order valence-electron chi connectivity index (χ2n) is 4.46. The first-order valence-electron chi connectivity index (χ1n) is 6.70. The molecular formula is C15H23NO3. The highest BCUT2D eigenvalue weighted by Gasteiger charge is 2.25. The molecule has 2 unspecified atom stereocenters. The fourth-order valence-electron chi connectivity index (χ4n) is 1.83. The molecule has 106 valence electrons. The van der Waals surface area contributed by atoms with Crippen molar-refractivity contribution in [2.75, 3.05) is 19.0 Å². The molecular weight excluding hydrogens is 242 g/mol. The van der Waals surface area contributed by atoms with Crippen molar-refractivity contribution in [1.29, 1.82) is 0 Å². The topological polar surface area (TPSA) is 47.6 Å². The lowest BCUT2D eigenvalue weighted by Crippen LogP contribution is -2.37. The molecule has 0 spiro atoms. The smallest absolute Gasteiger partial charge is 0.328 e. The van der Waals surface area contributed by atoms with E-state index in [-0.39, 0.29) is 17.9 Å². The highest BCUT2D eigenvalue weighted by molar-refractivity contribution is 5.80. The minimum absolute atomic E-state index is 0.184. The third-order valence-corrected chi connectivity index (χ3v) is 3.17. The van der Waals surface area contributed by atoms with Crippen LogP contribution in [0.2, 0.25) is 0 Å². The molecule has 19 heavy (non-hydrogen) atoms. The van der Waals surface area contributed by atoms with Gasteiger partial charge in [-0.1, -0.05) is 32.4 Å². The number of para-hydroxylation sites is 2. The van der Waals surface area contributed by atoms with Crippen molar-refractivity contribution in [3.8, 4) is 5.75 Å². The van der Waals surface area contributed by atoms with E-state index >= 15 is 0 Å². The summed E-state index contributed by atoms with van der Waals surface area (Å²) in [6, 6.07) is 7.20. The minimum atomic E-state index is -0.360. The molecule has 0 aliphatic carbocycles. The first kappa shape index (κ1) is 15.3. The van der Waals surface area contributed by atoms with Crippen LogP contribution >= 0.6 is 0 Å². The van der Waals surface area contributed by atoms with Crippen LogP contribution in [-0.2, 0) is 9.53 Å². The van der Waals surface area contributed by atoms with Crippen molar-refractivity contribution in [1.82, 2.24) is 0 Å². The molecule has 0 saturated carbocycles. The van der Waals surface area contributed by atoms with Gasteiger partial charge >= 0.3 is 5.97 Å². The van der Waals surface area contributed by atoms with Crippen LogP contribution in [0.25, 0.3) is 0 Å². The van der Waals surface area contributed by atoms with Gasteiger partial charge in [0.15, 0.2) is 0 Å². The maximum Gasteiger partial charge on any atom is 0.328 e. The van der Waals surface area contributed by atoms with E-state index < -0.39 is 0 Å². The largest absolute Gasteiger partial charge is 0.495 e. The van der Waals surface area contributed by atoms with E-state index in [1.54, 1.807) is 7.11 Å². The Kier molecular flexibility index (Phi) is 6.19. The van der Waals surface area contributed by atoms with E-state index in [0.29, 0.717) is 6.61 Å². The molecule has 0 bridgehead atoms. The van der Waals surface area contributed by atoms with Crippen molar-refractivity contribution < 1.29 is 14.3 Å². The lowest BCUT2D eigenvalue weighted by Gasteiger charge is -2.24. The highest BCUT2D eigenvalue weighted by Crippen LogP contribution is 2.26. The summed E-state index contributed by atoms with van der Waals surface area (Å²) in [5, 5.41) is 3.23. The highest BCUT2D eigenvalue weighted by atomic mass is 16.5. The lowest BCUT2D eigenvalue weighted by molar-refractivity contribution is -0.145. The fraction of sp³-hybridized carbons (Fsp3) is 0.533. The number of methoxy groups -OCH3 is 1. The summed E-state index contributed by atoms with van der Waals surface area (Å²) in [6.07, 6.45) is 0.894. The van der Waals surface area contributed by atoms with Crippen molar-refractivity contribution in [3.05, 3.63) is 24.3 Å². The SMILES string of the molecule is CCOC(=O)C(Nc1ccccc1OC)C(C)CC. The Bertz CT molecular complexity index is 406. The number of hydrogen-bond acceptors (Lipinski definition) is 4. The number of hydrogen-bond donors (Lipinski definition) is 1. The van der Waals surface area contributed by atoms with E-state index in [1.807, 2.05) is 38.1 Å². The summed E-state index contributed by atoms with van der Waals surface area (Å²) in [5.74, 6) is 0.687. The van der Waals surface area contributed by atoms with Gasteiger partial charge in [0, 0.05) is 0 Å². The quantitative estimate of drug-likeness (QED) is 0.770. The molecule has 0 fully saturated rings. The average Bonchev–Trinajstić information content (AvgIpc) is 2.44. The van der Waals surface area contributed by atoms with Crippen LogP contribution in [0.1, 0.15) is 27.2 Å². The van der Waals surface area contributed by atoms with Gasteiger partial charge in [-0.15, -0.1) is 0 Å². The number of carbonyl (C=O) groups is 1. The summed E-state index contributed by atoms with van der Waals surface area (Å²) < 4.78 is 10.4. The summed E-state index contributed by atoms with van der Waals surface area (Å²) in [7, 11) is 1.61. The fourth-order valence-corrected chi connectivity index (χ4v) is 1.83. The predicted octanol–water partition coefficient (Wildman–Crippen LogP) is 3.08. The van der Waals surface area contributed by atoms with Crippen LogP contribution in [0.3, 0.4) is 0 Å². The first-order chi connectivity index (χ1) is 9.13. The molecule has 0 amide bonds. The standard InChI is InChI=1S/C15H23NO3/c1-5-11(3)14(15(17)19-6-2)16-12-9-7-8-10-13(12)18-4/h7-11,14,16H,5-6H2,1-4H3. The number of nitrogens with one attached hydrogen (secondary N) is 1. The third-order valence-electron chi connectivity index (χ3n) is 3.17. The average molecular weight is 265 g/mol. The Balaban J connectivity index is 2.90. The summed E-state index contributed by atoms with van der Waals surface area (Å²) in [5.41, 5.74) is 0.809. The number of benzene rings is 1. The minimum Gasteiger partial charge on any atom is -0.495 e. The van der Waals surface area contributed by atoms with Crippen molar-refractivity contribution in [2.24, 2.45) is 5.92 Å². The Morgan fingerprint density at radius 3 is 2.58 bits per heavy atom. The monoisotopic (exact) mass is 265 g/mol. The van der Waals surface area contributed by atoms with Gasteiger partial charge in [0.25, 0.3) is 0 Å². The molecule has 0 saturated heterocycles.